The standard InChI is InChI=1S/C18H21N3O4S2/c1-3-21-10-9-14-16(17(21)23)26-18(19-14)20-15(22)11-12-5-7-13(8-6-12)27(24,25)4-2/h5-8H,3-4,9-11H2,1-2H3,(H,19,20,22). The Bertz CT molecular complexity index is 965. The fourth-order valence-corrected chi connectivity index (χ4v) is 4.74. The smallest absolute Gasteiger partial charge is 0.265 e. The molecule has 0 aliphatic carbocycles. The normalized spacial score (nSPS) is 14.1. The monoisotopic (exact) mass is 407 g/mol. The number of amides is 2. The average Bonchev–Trinajstić information content (AvgIpc) is 3.05. The van der Waals surface area contributed by atoms with Gasteiger partial charge in [0, 0.05) is 19.5 Å². The number of sulfone groups is 1. The van der Waals surface area contributed by atoms with Crippen molar-refractivity contribution in [3.8, 4) is 0 Å². The van der Waals surface area contributed by atoms with E-state index in [-0.39, 0.29) is 28.9 Å². The van der Waals surface area contributed by atoms with E-state index in [1.165, 1.54) is 23.5 Å². The molecule has 27 heavy (non-hydrogen) atoms. The van der Waals surface area contributed by atoms with Gasteiger partial charge in [0.15, 0.2) is 15.0 Å². The summed E-state index contributed by atoms with van der Waals surface area (Å²) in [7, 11) is -3.25. The summed E-state index contributed by atoms with van der Waals surface area (Å²) in [6.07, 6.45) is 0.792. The van der Waals surface area contributed by atoms with Crippen LogP contribution in [0.2, 0.25) is 0 Å². The first-order valence-corrected chi connectivity index (χ1v) is 11.2. The number of nitrogens with one attached hydrogen (secondary N) is 1. The average molecular weight is 408 g/mol. The number of nitrogens with zero attached hydrogens (tertiary/aromatic N) is 2. The van der Waals surface area contributed by atoms with Crippen LogP contribution in [0.4, 0.5) is 5.13 Å². The zero-order chi connectivity index (χ0) is 19.6. The molecule has 7 nitrogen and oxygen atoms in total. The second-order valence-electron chi connectivity index (χ2n) is 6.20. The highest BCUT2D eigenvalue weighted by Gasteiger charge is 2.27. The molecular weight excluding hydrogens is 386 g/mol. The SMILES string of the molecule is CCN1CCc2nc(NC(=O)Cc3ccc(S(=O)(=O)CC)cc3)sc2C1=O. The number of hydrogen-bond donors (Lipinski definition) is 1. The van der Waals surface area contributed by atoms with E-state index in [4.69, 9.17) is 0 Å². The molecule has 1 aliphatic rings. The lowest BCUT2D eigenvalue weighted by molar-refractivity contribution is -0.115. The van der Waals surface area contributed by atoms with E-state index in [1.54, 1.807) is 24.0 Å². The lowest BCUT2D eigenvalue weighted by Crippen LogP contribution is -2.36. The van der Waals surface area contributed by atoms with Crippen molar-refractivity contribution >= 4 is 38.1 Å². The van der Waals surface area contributed by atoms with Crippen molar-refractivity contribution in [3.05, 3.63) is 40.4 Å². The van der Waals surface area contributed by atoms with Crippen LogP contribution in [-0.2, 0) is 27.5 Å². The number of fused-ring (bicyclic) bond motifs is 1. The van der Waals surface area contributed by atoms with E-state index in [1.807, 2.05) is 6.92 Å². The number of hydrogen-bond acceptors (Lipinski definition) is 6. The minimum atomic E-state index is -3.25. The van der Waals surface area contributed by atoms with Gasteiger partial charge in [-0.2, -0.15) is 0 Å². The highest BCUT2D eigenvalue weighted by atomic mass is 32.2. The van der Waals surface area contributed by atoms with Crippen molar-refractivity contribution < 1.29 is 18.0 Å². The van der Waals surface area contributed by atoms with Gasteiger partial charge >= 0.3 is 0 Å². The molecule has 1 aliphatic heterocycles. The number of rotatable bonds is 6. The zero-order valence-corrected chi connectivity index (χ0v) is 16.8. The van der Waals surface area contributed by atoms with E-state index in [0.717, 1.165) is 5.69 Å². The van der Waals surface area contributed by atoms with Crippen LogP contribution in [-0.4, -0.2) is 49.0 Å². The van der Waals surface area contributed by atoms with Gasteiger partial charge in [0.1, 0.15) is 4.88 Å². The lowest BCUT2D eigenvalue weighted by atomic mass is 10.1. The molecule has 9 heteroatoms. The van der Waals surface area contributed by atoms with Crippen molar-refractivity contribution in [2.45, 2.75) is 31.6 Å². The summed E-state index contributed by atoms with van der Waals surface area (Å²) >= 11 is 1.20. The molecule has 0 radical (unpaired) electrons. The number of thiazole rings is 1. The molecule has 144 valence electrons. The second kappa shape index (κ2) is 7.77. The van der Waals surface area contributed by atoms with Gasteiger partial charge in [-0.25, -0.2) is 13.4 Å². The van der Waals surface area contributed by atoms with Crippen molar-refractivity contribution in [1.29, 1.82) is 0 Å². The first-order valence-electron chi connectivity index (χ1n) is 8.74. The first-order chi connectivity index (χ1) is 12.8. The van der Waals surface area contributed by atoms with Crippen molar-refractivity contribution in [2.24, 2.45) is 0 Å². The van der Waals surface area contributed by atoms with Crippen LogP contribution >= 0.6 is 11.3 Å². The van der Waals surface area contributed by atoms with Crippen LogP contribution in [0.25, 0.3) is 0 Å². The van der Waals surface area contributed by atoms with E-state index in [9.17, 15) is 18.0 Å². The maximum absolute atomic E-state index is 12.3. The van der Waals surface area contributed by atoms with Crippen LogP contribution in [0.15, 0.2) is 29.2 Å². The van der Waals surface area contributed by atoms with E-state index >= 15 is 0 Å². The van der Waals surface area contributed by atoms with Crippen LogP contribution in [0.3, 0.4) is 0 Å². The Kier molecular flexibility index (Phi) is 5.61. The number of carbonyl (C=O) groups is 2. The predicted molar refractivity (Wildman–Crippen MR) is 104 cm³/mol. The summed E-state index contributed by atoms with van der Waals surface area (Å²) in [4.78, 5) is 31.6. The third-order valence-corrected chi connectivity index (χ3v) is 7.20. The van der Waals surface area contributed by atoms with Gasteiger partial charge in [-0.3, -0.25) is 9.59 Å². The Balaban J connectivity index is 1.66. The van der Waals surface area contributed by atoms with Gasteiger partial charge < -0.3 is 10.2 Å². The highest BCUT2D eigenvalue weighted by molar-refractivity contribution is 7.91. The minimum absolute atomic E-state index is 0.0374. The third kappa shape index (κ3) is 4.19. The minimum Gasteiger partial charge on any atom is -0.338 e. The van der Waals surface area contributed by atoms with Gasteiger partial charge in [-0.15, -0.1) is 0 Å². The van der Waals surface area contributed by atoms with Gasteiger partial charge in [0.25, 0.3) is 5.91 Å². The second-order valence-corrected chi connectivity index (χ2v) is 9.48. The Labute approximate surface area is 162 Å². The molecule has 0 atom stereocenters. The van der Waals surface area contributed by atoms with Gasteiger partial charge in [-0.1, -0.05) is 30.4 Å². The first kappa shape index (κ1) is 19.5. The molecule has 0 saturated heterocycles. The Morgan fingerprint density at radius 1 is 1.26 bits per heavy atom. The molecule has 1 N–H and O–H groups in total. The molecule has 0 saturated carbocycles. The van der Waals surface area contributed by atoms with Crippen LogP contribution in [0.5, 0.6) is 0 Å². The Morgan fingerprint density at radius 3 is 2.59 bits per heavy atom. The maximum Gasteiger partial charge on any atom is 0.265 e. The third-order valence-electron chi connectivity index (χ3n) is 4.45. The zero-order valence-electron chi connectivity index (χ0n) is 15.2. The Morgan fingerprint density at radius 2 is 1.96 bits per heavy atom. The van der Waals surface area contributed by atoms with Gasteiger partial charge in [0.05, 0.1) is 22.8 Å². The largest absolute Gasteiger partial charge is 0.338 e. The van der Waals surface area contributed by atoms with E-state index < -0.39 is 9.84 Å². The maximum atomic E-state index is 12.3. The molecule has 2 aromatic rings. The molecule has 2 amide bonds. The van der Waals surface area contributed by atoms with E-state index in [0.29, 0.717) is 35.1 Å². The predicted octanol–water partition coefficient (Wildman–Crippen LogP) is 2.14. The summed E-state index contributed by atoms with van der Waals surface area (Å²) in [5.74, 6) is -0.258. The molecule has 2 heterocycles. The van der Waals surface area contributed by atoms with Crippen LogP contribution in [0, 0.1) is 0 Å². The fraction of sp³-hybridized carbons (Fsp3) is 0.389. The van der Waals surface area contributed by atoms with Gasteiger partial charge in [-0.05, 0) is 24.6 Å². The lowest BCUT2D eigenvalue weighted by Gasteiger charge is -2.23. The van der Waals surface area contributed by atoms with Crippen molar-refractivity contribution in [2.75, 3.05) is 24.2 Å². The highest BCUT2D eigenvalue weighted by Crippen LogP contribution is 2.28. The van der Waals surface area contributed by atoms with Gasteiger partial charge in [0.2, 0.25) is 5.91 Å². The summed E-state index contributed by atoms with van der Waals surface area (Å²) in [6, 6.07) is 6.30. The summed E-state index contributed by atoms with van der Waals surface area (Å²) < 4.78 is 23.7. The molecule has 0 spiro atoms. The fourth-order valence-electron chi connectivity index (χ4n) is 2.86. The van der Waals surface area contributed by atoms with Crippen LogP contribution in [0.1, 0.15) is 34.8 Å². The number of benzene rings is 1. The summed E-state index contributed by atoms with van der Waals surface area (Å²) in [5, 5.41) is 3.15. The molecule has 0 bridgehead atoms. The topological polar surface area (TPSA) is 96.4 Å². The quantitative estimate of drug-likeness (QED) is 0.791. The number of likely N-dealkylation sites (N-methyl/N-ethyl adjacent to an activating group) is 1. The summed E-state index contributed by atoms with van der Waals surface area (Å²) in [6.45, 7) is 4.83. The van der Waals surface area contributed by atoms with Crippen molar-refractivity contribution in [3.63, 3.8) is 0 Å². The molecule has 3 rings (SSSR count). The molecular formula is C18H21N3O4S2. The van der Waals surface area contributed by atoms with Crippen molar-refractivity contribution in [1.82, 2.24) is 9.88 Å². The number of aromatic nitrogens is 1. The molecule has 1 aromatic heterocycles. The molecule has 0 fully saturated rings. The van der Waals surface area contributed by atoms with Crippen LogP contribution < -0.4 is 5.32 Å². The molecule has 0 unspecified atom stereocenters. The summed E-state index contributed by atoms with van der Waals surface area (Å²) in [5.41, 5.74) is 1.44. The Hall–Kier alpha value is -2.26. The number of anilines is 1. The van der Waals surface area contributed by atoms with E-state index in [2.05, 4.69) is 10.3 Å². The number of carbonyl (C=O) groups excluding carboxylic acids is 2. The molecule has 1 aromatic carbocycles.